The second-order valence-corrected chi connectivity index (χ2v) is 4.42. The van der Waals surface area contributed by atoms with Crippen LogP contribution in [0.1, 0.15) is 13.3 Å². The maximum absolute atomic E-state index is 4.43. The molecule has 0 radical (unpaired) electrons. The molecule has 2 aromatic heterocycles. The molecule has 0 spiro atoms. The number of hydrogen-bond donors (Lipinski definition) is 2. The lowest BCUT2D eigenvalue weighted by molar-refractivity contribution is 0.683. The molecule has 1 saturated heterocycles. The highest BCUT2D eigenvalue weighted by atomic mass is 15.3. The number of pyridine rings is 1. The van der Waals surface area contributed by atoms with Gasteiger partial charge in [-0.2, -0.15) is 5.10 Å². The molecule has 1 aliphatic rings. The Bertz CT molecular complexity index is 513. The summed E-state index contributed by atoms with van der Waals surface area (Å²) in [5, 5.41) is 12.2. The molecule has 0 amide bonds. The van der Waals surface area contributed by atoms with E-state index in [0.717, 1.165) is 42.8 Å². The minimum absolute atomic E-state index is 0.498. The highest BCUT2D eigenvalue weighted by Gasteiger charge is 2.14. The maximum atomic E-state index is 4.43. The molecule has 3 rings (SSSR count). The SMILES string of the molecule is CCn1ncc2cnc(NC3CCNC3)cc21. The Labute approximate surface area is 100 Å². The van der Waals surface area contributed by atoms with Crippen molar-refractivity contribution in [2.75, 3.05) is 18.4 Å². The number of aromatic nitrogens is 3. The maximum Gasteiger partial charge on any atom is 0.128 e. The zero-order valence-corrected chi connectivity index (χ0v) is 9.98. The Morgan fingerprint density at radius 3 is 3.24 bits per heavy atom. The quantitative estimate of drug-likeness (QED) is 0.834. The van der Waals surface area contributed by atoms with Crippen molar-refractivity contribution in [2.45, 2.75) is 25.9 Å². The molecule has 0 aliphatic carbocycles. The van der Waals surface area contributed by atoms with E-state index in [-0.39, 0.29) is 0 Å². The molecule has 1 unspecified atom stereocenters. The summed E-state index contributed by atoms with van der Waals surface area (Å²) in [6.45, 7) is 5.10. The van der Waals surface area contributed by atoms with Gasteiger partial charge in [0, 0.05) is 36.8 Å². The van der Waals surface area contributed by atoms with Gasteiger partial charge in [0.25, 0.3) is 0 Å². The largest absolute Gasteiger partial charge is 0.366 e. The van der Waals surface area contributed by atoms with Crippen LogP contribution in [0.3, 0.4) is 0 Å². The number of rotatable bonds is 3. The van der Waals surface area contributed by atoms with E-state index in [9.17, 15) is 0 Å². The molecule has 0 bridgehead atoms. The highest BCUT2D eigenvalue weighted by molar-refractivity contribution is 5.80. The minimum atomic E-state index is 0.498. The summed E-state index contributed by atoms with van der Waals surface area (Å²) < 4.78 is 2.00. The van der Waals surface area contributed by atoms with Gasteiger partial charge >= 0.3 is 0 Å². The Morgan fingerprint density at radius 2 is 2.47 bits per heavy atom. The molecule has 1 fully saturated rings. The van der Waals surface area contributed by atoms with E-state index in [1.54, 1.807) is 0 Å². The first-order chi connectivity index (χ1) is 8.36. The van der Waals surface area contributed by atoms with Crippen molar-refractivity contribution in [2.24, 2.45) is 0 Å². The summed E-state index contributed by atoms with van der Waals surface area (Å²) in [6, 6.07) is 2.59. The fourth-order valence-electron chi connectivity index (χ4n) is 2.29. The van der Waals surface area contributed by atoms with Crippen molar-refractivity contribution < 1.29 is 0 Å². The molecule has 1 atom stereocenters. The van der Waals surface area contributed by atoms with Crippen LogP contribution in [0.25, 0.3) is 10.9 Å². The van der Waals surface area contributed by atoms with Crippen LogP contribution in [-0.2, 0) is 6.54 Å². The fourth-order valence-corrected chi connectivity index (χ4v) is 2.29. The van der Waals surface area contributed by atoms with Crippen molar-refractivity contribution in [3.05, 3.63) is 18.5 Å². The van der Waals surface area contributed by atoms with Gasteiger partial charge < -0.3 is 10.6 Å². The predicted molar refractivity (Wildman–Crippen MR) is 68.1 cm³/mol. The molecule has 0 saturated carbocycles. The van der Waals surface area contributed by atoms with Crippen LogP contribution in [0.4, 0.5) is 5.82 Å². The third kappa shape index (κ3) is 1.98. The lowest BCUT2D eigenvalue weighted by Crippen LogP contribution is -2.22. The molecule has 1 aliphatic heterocycles. The molecule has 0 aromatic carbocycles. The third-order valence-electron chi connectivity index (χ3n) is 3.24. The van der Waals surface area contributed by atoms with E-state index in [2.05, 4.69) is 33.7 Å². The van der Waals surface area contributed by atoms with E-state index >= 15 is 0 Å². The number of nitrogens with one attached hydrogen (secondary N) is 2. The average Bonchev–Trinajstić information content (AvgIpc) is 2.97. The lowest BCUT2D eigenvalue weighted by Gasteiger charge is -2.11. The van der Waals surface area contributed by atoms with Crippen LogP contribution in [0, 0.1) is 0 Å². The van der Waals surface area contributed by atoms with Crippen molar-refractivity contribution >= 4 is 16.7 Å². The number of hydrogen-bond acceptors (Lipinski definition) is 4. The van der Waals surface area contributed by atoms with Gasteiger partial charge in [-0.25, -0.2) is 4.98 Å². The van der Waals surface area contributed by atoms with Crippen molar-refractivity contribution in [1.82, 2.24) is 20.1 Å². The van der Waals surface area contributed by atoms with Crippen molar-refractivity contribution in [3.8, 4) is 0 Å². The zero-order valence-electron chi connectivity index (χ0n) is 9.98. The van der Waals surface area contributed by atoms with Gasteiger partial charge in [0.1, 0.15) is 5.82 Å². The summed E-state index contributed by atoms with van der Waals surface area (Å²) in [7, 11) is 0. The van der Waals surface area contributed by atoms with E-state index in [0.29, 0.717) is 6.04 Å². The molecular weight excluding hydrogens is 214 g/mol. The number of fused-ring (bicyclic) bond motifs is 1. The van der Waals surface area contributed by atoms with Gasteiger partial charge in [-0.1, -0.05) is 0 Å². The van der Waals surface area contributed by atoms with Gasteiger partial charge in [-0.3, -0.25) is 4.68 Å². The first-order valence-electron chi connectivity index (χ1n) is 6.15. The van der Waals surface area contributed by atoms with E-state index in [4.69, 9.17) is 0 Å². The molecule has 5 nitrogen and oxygen atoms in total. The van der Waals surface area contributed by atoms with Crippen LogP contribution < -0.4 is 10.6 Å². The molecule has 90 valence electrons. The molecular formula is C12H17N5. The zero-order chi connectivity index (χ0) is 11.7. The highest BCUT2D eigenvalue weighted by Crippen LogP contribution is 2.17. The van der Waals surface area contributed by atoms with Crippen molar-refractivity contribution in [1.29, 1.82) is 0 Å². The van der Waals surface area contributed by atoms with E-state index < -0.39 is 0 Å². The first-order valence-corrected chi connectivity index (χ1v) is 6.15. The standard InChI is InChI=1S/C12H17N5/c1-2-17-11-5-12(14-6-9(11)7-15-17)16-10-3-4-13-8-10/h5-7,10,13H,2-4,8H2,1H3,(H,14,16). The van der Waals surface area contributed by atoms with Gasteiger partial charge in [0.05, 0.1) is 11.7 Å². The normalized spacial score (nSPS) is 19.9. The number of nitrogens with zero attached hydrogens (tertiary/aromatic N) is 3. The van der Waals surface area contributed by atoms with Crippen molar-refractivity contribution in [3.63, 3.8) is 0 Å². The summed E-state index contributed by atoms with van der Waals surface area (Å²) >= 11 is 0. The van der Waals surface area contributed by atoms with Crippen LogP contribution in [-0.4, -0.2) is 33.9 Å². The summed E-state index contributed by atoms with van der Waals surface area (Å²) in [4.78, 5) is 4.43. The Balaban J connectivity index is 1.89. The lowest BCUT2D eigenvalue weighted by atomic mass is 10.2. The fraction of sp³-hybridized carbons (Fsp3) is 0.500. The predicted octanol–water partition coefficient (Wildman–Crippen LogP) is 1.22. The molecule has 17 heavy (non-hydrogen) atoms. The summed E-state index contributed by atoms with van der Waals surface area (Å²) in [6.07, 6.45) is 4.92. The van der Waals surface area contributed by atoms with E-state index in [1.807, 2.05) is 17.1 Å². The summed E-state index contributed by atoms with van der Waals surface area (Å²) in [5.74, 6) is 0.946. The Morgan fingerprint density at radius 1 is 1.53 bits per heavy atom. The Hall–Kier alpha value is -1.62. The molecule has 3 heterocycles. The topological polar surface area (TPSA) is 54.8 Å². The first kappa shape index (κ1) is 10.5. The second kappa shape index (κ2) is 4.33. The van der Waals surface area contributed by atoms with Crippen LogP contribution in [0.5, 0.6) is 0 Å². The Kier molecular flexibility index (Phi) is 2.68. The van der Waals surface area contributed by atoms with Crippen LogP contribution in [0.2, 0.25) is 0 Å². The number of anilines is 1. The smallest absolute Gasteiger partial charge is 0.128 e. The second-order valence-electron chi connectivity index (χ2n) is 4.42. The van der Waals surface area contributed by atoms with Gasteiger partial charge in [-0.05, 0) is 19.9 Å². The van der Waals surface area contributed by atoms with E-state index in [1.165, 1.54) is 0 Å². The van der Waals surface area contributed by atoms with Crippen LogP contribution >= 0.6 is 0 Å². The minimum Gasteiger partial charge on any atom is -0.366 e. The third-order valence-corrected chi connectivity index (χ3v) is 3.24. The monoisotopic (exact) mass is 231 g/mol. The van der Waals surface area contributed by atoms with Gasteiger partial charge in [0.2, 0.25) is 0 Å². The van der Waals surface area contributed by atoms with Gasteiger partial charge in [-0.15, -0.1) is 0 Å². The molecule has 5 heteroatoms. The van der Waals surface area contributed by atoms with Crippen LogP contribution in [0.15, 0.2) is 18.5 Å². The number of aryl methyl sites for hydroxylation is 1. The average molecular weight is 231 g/mol. The molecule has 2 N–H and O–H groups in total. The van der Waals surface area contributed by atoms with Gasteiger partial charge in [0.15, 0.2) is 0 Å². The summed E-state index contributed by atoms with van der Waals surface area (Å²) in [5.41, 5.74) is 1.15. The molecule has 2 aromatic rings.